The third-order valence-corrected chi connectivity index (χ3v) is 4.45. The van der Waals surface area contributed by atoms with Crippen molar-refractivity contribution in [2.45, 2.75) is 32.2 Å². The van der Waals surface area contributed by atoms with Crippen LogP contribution in [0.3, 0.4) is 0 Å². The van der Waals surface area contributed by atoms with Gasteiger partial charge in [0.15, 0.2) is 0 Å². The van der Waals surface area contributed by atoms with Crippen molar-refractivity contribution in [1.82, 2.24) is 5.32 Å². The van der Waals surface area contributed by atoms with Gasteiger partial charge in [-0.1, -0.05) is 69.1 Å². The number of aryl methyl sites for hydroxylation is 1. The van der Waals surface area contributed by atoms with E-state index in [0.717, 1.165) is 28.3 Å². The predicted octanol–water partition coefficient (Wildman–Crippen LogP) is 5.89. The van der Waals surface area contributed by atoms with Gasteiger partial charge in [-0.05, 0) is 55.1 Å². The van der Waals surface area contributed by atoms with Gasteiger partial charge in [0.25, 0.3) is 0 Å². The average molecular weight is 411 g/mol. The van der Waals surface area contributed by atoms with Crippen molar-refractivity contribution in [3.05, 3.63) is 68.6 Å². The van der Waals surface area contributed by atoms with E-state index in [1.807, 2.05) is 0 Å². The summed E-state index contributed by atoms with van der Waals surface area (Å²) in [7, 11) is 0. The molecule has 2 aromatic rings. The quantitative estimate of drug-likeness (QED) is 0.600. The molecule has 1 unspecified atom stereocenters. The summed E-state index contributed by atoms with van der Waals surface area (Å²) in [5.41, 5.74) is 2.76. The minimum Gasteiger partial charge on any atom is -0.310 e. The third kappa shape index (κ3) is 5.57. The zero-order valence-corrected chi connectivity index (χ0v) is 15.5. The molecule has 0 spiro atoms. The van der Waals surface area contributed by atoms with Crippen LogP contribution in [0.4, 0.5) is 0 Å². The van der Waals surface area contributed by atoms with Gasteiger partial charge in [0, 0.05) is 15.0 Å². The monoisotopic (exact) mass is 409 g/mol. The summed E-state index contributed by atoms with van der Waals surface area (Å²) in [5.74, 6) is 0. The van der Waals surface area contributed by atoms with Gasteiger partial charge in [0.1, 0.15) is 0 Å². The summed E-state index contributed by atoms with van der Waals surface area (Å²) in [5, 5.41) is 3.60. The van der Waals surface area contributed by atoms with Gasteiger partial charge in [0.2, 0.25) is 0 Å². The molecule has 0 aliphatic heterocycles. The van der Waals surface area contributed by atoms with E-state index in [1.54, 1.807) is 0 Å². The largest absolute Gasteiger partial charge is 0.310 e. The second-order valence-electron chi connectivity index (χ2n) is 5.19. The first-order chi connectivity index (χ1) is 10.2. The maximum atomic E-state index is 3.60. The second-order valence-corrected chi connectivity index (χ2v) is 7.02. The summed E-state index contributed by atoms with van der Waals surface area (Å²) in [6, 6.07) is 17.6. The minimum atomic E-state index is 0.410. The Morgan fingerprint density at radius 2 is 1.67 bits per heavy atom. The number of hydrogen-bond acceptors (Lipinski definition) is 1. The summed E-state index contributed by atoms with van der Waals surface area (Å²) < 4.78 is 2.25. The van der Waals surface area contributed by atoms with Gasteiger partial charge in [-0.3, -0.25) is 0 Å². The van der Waals surface area contributed by atoms with Crippen LogP contribution in [-0.2, 0) is 6.42 Å². The number of halogens is 2. The Balaban J connectivity index is 1.98. The van der Waals surface area contributed by atoms with Crippen LogP contribution in [0.1, 0.15) is 36.9 Å². The van der Waals surface area contributed by atoms with Crippen LogP contribution in [0.25, 0.3) is 0 Å². The molecule has 0 amide bonds. The fourth-order valence-electron chi connectivity index (χ4n) is 2.56. The highest BCUT2D eigenvalue weighted by Gasteiger charge is 2.11. The van der Waals surface area contributed by atoms with E-state index in [2.05, 4.69) is 92.6 Å². The lowest BCUT2D eigenvalue weighted by Gasteiger charge is -2.19. The van der Waals surface area contributed by atoms with Crippen LogP contribution in [-0.4, -0.2) is 6.54 Å². The molecule has 3 heteroatoms. The Labute approximate surface area is 144 Å². The first kappa shape index (κ1) is 16.7. The van der Waals surface area contributed by atoms with Gasteiger partial charge in [-0.25, -0.2) is 0 Å². The maximum Gasteiger partial charge on any atom is 0.0321 e. The molecule has 0 saturated heterocycles. The summed E-state index contributed by atoms with van der Waals surface area (Å²) in [4.78, 5) is 0. The lowest BCUT2D eigenvalue weighted by Crippen LogP contribution is -2.21. The molecule has 0 aliphatic rings. The normalized spacial score (nSPS) is 12.3. The molecule has 0 heterocycles. The van der Waals surface area contributed by atoms with Crippen molar-refractivity contribution < 1.29 is 0 Å². The molecule has 2 aromatic carbocycles. The van der Waals surface area contributed by atoms with E-state index >= 15 is 0 Å². The van der Waals surface area contributed by atoms with Crippen LogP contribution >= 0.6 is 31.9 Å². The molecule has 21 heavy (non-hydrogen) atoms. The summed E-state index contributed by atoms with van der Waals surface area (Å²) in [6.45, 7) is 3.15. The van der Waals surface area contributed by atoms with Gasteiger partial charge in [0.05, 0.1) is 0 Å². The predicted molar refractivity (Wildman–Crippen MR) is 97.6 cm³/mol. The zero-order chi connectivity index (χ0) is 15.1. The van der Waals surface area contributed by atoms with Crippen LogP contribution in [0.5, 0.6) is 0 Å². The lowest BCUT2D eigenvalue weighted by molar-refractivity contribution is 0.498. The van der Waals surface area contributed by atoms with E-state index in [0.29, 0.717) is 6.04 Å². The zero-order valence-electron chi connectivity index (χ0n) is 12.3. The second kappa shape index (κ2) is 8.72. The molecule has 0 radical (unpaired) electrons. The molecule has 0 aromatic heterocycles. The van der Waals surface area contributed by atoms with Crippen LogP contribution in [0, 0.1) is 0 Å². The third-order valence-electron chi connectivity index (χ3n) is 3.54. The molecular formula is C18H21Br2N. The molecule has 0 bridgehead atoms. The number of nitrogens with one attached hydrogen (secondary N) is 1. The standard InChI is InChI=1S/C18H21Br2N/c1-2-21-18(15-11-16(19)13-17(20)12-15)10-6-9-14-7-4-3-5-8-14/h3-5,7-8,11-13,18,21H,2,6,9-10H2,1H3. The molecular weight excluding hydrogens is 390 g/mol. The van der Waals surface area contributed by atoms with Crippen molar-refractivity contribution >= 4 is 31.9 Å². The molecule has 112 valence electrons. The molecule has 1 N–H and O–H groups in total. The fourth-order valence-corrected chi connectivity index (χ4v) is 3.89. The van der Waals surface area contributed by atoms with Crippen LogP contribution < -0.4 is 5.32 Å². The number of hydrogen-bond donors (Lipinski definition) is 1. The van der Waals surface area contributed by atoms with E-state index in [4.69, 9.17) is 0 Å². The van der Waals surface area contributed by atoms with Gasteiger partial charge >= 0.3 is 0 Å². The SMILES string of the molecule is CCNC(CCCc1ccccc1)c1cc(Br)cc(Br)c1. The van der Waals surface area contributed by atoms with Gasteiger partial charge < -0.3 is 5.32 Å². The molecule has 0 aliphatic carbocycles. The molecule has 1 atom stereocenters. The Morgan fingerprint density at radius 1 is 1.00 bits per heavy atom. The van der Waals surface area contributed by atoms with Crippen LogP contribution in [0.15, 0.2) is 57.5 Å². The lowest BCUT2D eigenvalue weighted by atomic mass is 9.99. The van der Waals surface area contributed by atoms with Crippen molar-refractivity contribution in [1.29, 1.82) is 0 Å². The Morgan fingerprint density at radius 3 is 2.29 bits per heavy atom. The van der Waals surface area contributed by atoms with E-state index < -0.39 is 0 Å². The maximum absolute atomic E-state index is 3.60. The Kier molecular flexibility index (Phi) is 6.94. The van der Waals surface area contributed by atoms with E-state index in [9.17, 15) is 0 Å². The Hall–Kier alpha value is -0.640. The Bertz CT molecular complexity index is 534. The number of rotatable bonds is 7. The minimum absolute atomic E-state index is 0.410. The van der Waals surface area contributed by atoms with Crippen LogP contribution in [0.2, 0.25) is 0 Å². The molecule has 0 fully saturated rings. The first-order valence-corrected chi connectivity index (χ1v) is 9.01. The molecule has 0 saturated carbocycles. The fraction of sp³-hybridized carbons (Fsp3) is 0.333. The van der Waals surface area contributed by atoms with Gasteiger partial charge in [-0.2, -0.15) is 0 Å². The van der Waals surface area contributed by atoms with E-state index in [1.165, 1.54) is 17.5 Å². The van der Waals surface area contributed by atoms with Crippen molar-refractivity contribution in [3.63, 3.8) is 0 Å². The first-order valence-electron chi connectivity index (χ1n) is 7.42. The summed E-state index contributed by atoms with van der Waals surface area (Å²) >= 11 is 7.16. The highest BCUT2D eigenvalue weighted by molar-refractivity contribution is 9.11. The smallest absolute Gasteiger partial charge is 0.0321 e. The molecule has 1 nitrogen and oxygen atoms in total. The average Bonchev–Trinajstić information content (AvgIpc) is 2.46. The highest BCUT2D eigenvalue weighted by atomic mass is 79.9. The van der Waals surface area contributed by atoms with Crippen molar-refractivity contribution in [3.8, 4) is 0 Å². The summed E-state index contributed by atoms with van der Waals surface area (Å²) in [6.07, 6.45) is 3.47. The highest BCUT2D eigenvalue weighted by Crippen LogP contribution is 2.27. The van der Waals surface area contributed by atoms with Crippen molar-refractivity contribution in [2.24, 2.45) is 0 Å². The van der Waals surface area contributed by atoms with E-state index in [-0.39, 0.29) is 0 Å². The topological polar surface area (TPSA) is 12.0 Å². The van der Waals surface area contributed by atoms with Gasteiger partial charge in [-0.15, -0.1) is 0 Å². The van der Waals surface area contributed by atoms with Crippen molar-refractivity contribution in [2.75, 3.05) is 6.54 Å². The number of benzene rings is 2. The molecule has 2 rings (SSSR count).